The maximum Gasteiger partial charge on any atom is 0.410 e. The molecule has 2 aromatic heterocycles. The lowest BCUT2D eigenvalue weighted by Crippen LogP contribution is -2.58. The van der Waals surface area contributed by atoms with Gasteiger partial charge in [0, 0.05) is 25.8 Å². The van der Waals surface area contributed by atoms with Gasteiger partial charge < -0.3 is 9.64 Å². The van der Waals surface area contributed by atoms with Crippen molar-refractivity contribution in [2.45, 2.75) is 44.8 Å². The highest BCUT2D eigenvalue weighted by atomic mass is 79.9. The van der Waals surface area contributed by atoms with Crippen LogP contribution >= 0.6 is 27.5 Å². The molecule has 1 aliphatic heterocycles. The van der Waals surface area contributed by atoms with Crippen molar-refractivity contribution < 1.29 is 13.9 Å². The van der Waals surface area contributed by atoms with E-state index in [0.29, 0.717) is 30.8 Å². The van der Waals surface area contributed by atoms with Crippen molar-refractivity contribution in [3.05, 3.63) is 21.9 Å². The van der Waals surface area contributed by atoms with Crippen molar-refractivity contribution in [2.24, 2.45) is 0 Å². The van der Waals surface area contributed by atoms with Crippen LogP contribution in [-0.4, -0.2) is 56.7 Å². The topological polar surface area (TPSA) is 71.5 Å². The van der Waals surface area contributed by atoms with Gasteiger partial charge in [0.1, 0.15) is 21.5 Å². The average molecular weight is 473 g/mol. The Bertz CT molecular complexity index is 963. The molecular formula is C18H20BrClFN5O2. The molecule has 150 valence electrons. The second-order valence-electron chi connectivity index (χ2n) is 8.22. The first-order chi connectivity index (χ1) is 13.1. The Labute approximate surface area is 175 Å². The number of pyridine rings is 1. The normalized spacial score (nSPS) is 18.6. The first-order valence-corrected chi connectivity index (χ1v) is 10.2. The Hall–Kier alpha value is -1.74. The summed E-state index contributed by atoms with van der Waals surface area (Å²) >= 11 is 9.15. The van der Waals surface area contributed by atoms with Crippen molar-refractivity contribution in [1.82, 2.24) is 19.9 Å². The number of amides is 1. The zero-order valence-electron chi connectivity index (χ0n) is 15.8. The molecule has 1 saturated heterocycles. The minimum atomic E-state index is -0.573. The number of aromatic nitrogens is 3. The number of carbonyl (C=O) groups excluding carboxylic acids is 1. The number of piperazine rings is 1. The summed E-state index contributed by atoms with van der Waals surface area (Å²) in [7, 11) is 0. The lowest BCUT2D eigenvalue weighted by atomic mass is 10.1. The van der Waals surface area contributed by atoms with Gasteiger partial charge in [0.05, 0.1) is 10.9 Å². The third-order valence-corrected chi connectivity index (χ3v) is 5.71. The summed E-state index contributed by atoms with van der Waals surface area (Å²) in [5.41, 5.74) is -0.709. The van der Waals surface area contributed by atoms with Crippen molar-refractivity contribution in [1.29, 1.82) is 0 Å². The van der Waals surface area contributed by atoms with Gasteiger partial charge in [-0.25, -0.2) is 19.2 Å². The van der Waals surface area contributed by atoms with E-state index in [0.717, 1.165) is 12.8 Å². The predicted molar refractivity (Wildman–Crippen MR) is 107 cm³/mol. The third kappa shape index (κ3) is 3.50. The van der Waals surface area contributed by atoms with Crippen LogP contribution in [0.3, 0.4) is 0 Å². The number of nitrogens with zero attached hydrogens (tertiary/aromatic N) is 5. The molecule has 2 fully saturated rings. The van der Waals surface area contributed by atoms with Crippen molar-refractivity contribution in [3.8, 4) is 0 Å². The molecule has 0 bridgehead atoms. The molecule has 28 heavy (non-hydrogen) atoms. The van der Waals surface area contributed by atoms with Crippen LogP contribution in [0.15, 0.2) is 10.8 Å². The van der Waals surface area contributed by atoms with Crippen LogP contribution in [0.25, 0.3) is 10.9 Å². The quantitative estimate of drug-likeness (QED) is 0.458. The molecule has 0 atom stereocenters. The summed E-state index contributed by atoms with van der Waals surface area (Å²) in [5, 5.41) is 0.463. The van der Waals surface area contributed by atoms with Crippen LogP contribution in [0.1, 0.15) is 33.6 Å². The number of halogens is 3. The molecule has 1 amide bonds. The number of hydrogen-bond acceptors (Lipinski definition) is 6. The molecule has 0 aromatic carbocycles. The number of hydrogen-bond donors (Lipinski definition) is 0. The number of carbonyl (C=O) groups is 1. The fraction of sp³-hybridized carbons (Fsp3) is 0.556. The Kier molecular flexibility index (Phi) is 4.65. The summed E-state index contributed by atoms with van der Waals surface area (Å²) in [6.07, 6.45) is 3.01. The lowest BCUT2D eigenvalue weighted by Gasteiger charge is -2.43. The summed E-state index contributed by atoms with van der Waals surface area (Å²) in [6, 6.07) is 0. The van der Waals surface area contributed by atoms with E-state index < -0.39 is 11.4 Å². The van der Waals surface area contributed by atoms with E-state index in [1.54, 1.807) is 0 Å². The third-order valence-electron chi connectivity index (χ3n) is 4.99. The lowest BCUT2D eigenvalue weighted by molar-refractivity contribution is 0.0106. The molecule has 2 aliphatic rings. The molecule has 4 rings (SSSR count). The fourth-order valence-electron chi connectivity index (χ4n) is 3.57. The summed E-state index contributed by atoms with van der Waals surface area (Å²) in [4.78, 5) is 28.9. The van der Waals surface area contributed by atoms with Crippen molar-refractivity contribution >= 4 is 50.3 Å². The number of rotatable bonds is 1. The highest BCUT2D eigenvalue weighted by Crippen LogP contribution is 2.46. The van der Waals surface area contributed by atoms with Gasteiger partial charge in [-0.1, -0.05) is 0 Å². The van der Waals surface area contributed by atoms with Gasteiger partial charge in [0.15, 0.2) is 5.82 Å². The molecule has 0 N–H and O–H groups in total. The fourth-order valence-corrected chi connectivity index (χ4v) is 4.02. The van der Waals surface area contributed by atoms with E-state index >= 15 is 0 Å². The summed E-state index contributed by atoms with van der Waals surface area (Å²) < 4.78 is 20.1. The van der Waals surface area contributed by atoms with Gasteiger partial charge >= 0.3 is 6.09 Å². The van der Waals surface area contributed by atoms with Gasteiger partial charge in [0.2, 0.25) is 5.28 Å². The molecular weight excluding hydrogens is 453 g/mol. The van der Waals surface area contributed by atoms with E-state index in [-0.39, 0.29) is 27.0 Å². The maximum absolute atomic E-state index is 14.5. The zero-order valence-corrected chi connectivity index (χ0v) is 18.1. The SMILES string of the molecule is CC(C)(C)OC(=O)N1CCN(c2nc(Cl)nc3c(F)c(Br)ncc23)CC12CC2. The molecule has 3 heterocycles. The average Bonchev–Trinajstić information content (AvgIpc) is 3.35. The largest absolute Gasteiger partial charge is 0.444 e. The first-order valence-electron chi connectivity index (χ1n) is 9.02. The number of ether oxygens (including phenoxy) is 1. The van der Waals surface area contributed by atoms with Gasteiger partial charge in [-0.3, -0.25) is 4.90 Å². The summed E-state index contributed by atoms with van der Waals surface area (Å²) in [5.74, 6) is -0.0411. The monoisotopic (exact) mass is 471 g/mol. The highest BCUT2D eigenvalue weighted by molar-refractivity contribution is 9.10. The first kappa shape index (κ1) is 19.6. The van der Waals surface area contributed by atoms with Crippen LogP contribution in [0.2, 0.25) is 5.28 Å². The van der Waals surface area contributed by atoms with Gasteiger partial charge in [-0.2, -0.15) is 4.98 Å². The second kappa shape index (κ2) is 6.66. The predicted octanol–water partition coefficient (Wildman–Crippen LogP) is 4.17. The van der Waals surface area contributed by atoms with E-state index in [1.807, 2.05) is 30.6 Å². The smallest absolute Gasteiger partial charge is 0.410 e. The standard InChI is InChI=1S/C18H20BrClFN5O2/c1-17(2,3)28-16(27)26-7-6-25(9-18(26)4-5-18)14-10-8-22-13(19)11(21)12(10)23-15(20)24-14/h8H,4-7,9H2,1-3H3. The Morgan fingerprint density at radius 3 is 2.68 bits per heavy atom. The van der Waals surface area contributed by atoms with Crippen LogP contribution in [0, 0.1) is 5.82 Å². The Morgan fingerprint density at radius 1 is 1.32 bits per heavy atom. The van der Waals surface area contributed by atoms with Gasteiger partial charge in [0.25, 0.3) is 0 Å². The van der Waals surface area contributed by atoms with E-state index in [1.165, 1.54) is 6.20 Å². The minimum absolute atomic E-state index is 0.0288. The van der Waals surface area contributed by atoms with Crippen LogP contribution in [0.4, 0.5) is 15.0 Å². The van der Waals surface area contributed by atoms with E-state index in [4.69, 9.17) is 16.3 Å². The maximum atomic E-state index is 14.5. The van der Waals surface area contributed by atoms with Crippen molar-refractivity contribution in [2.75, 3.05) is 24.5 Å². The van der Waals surface area contributed by atoms with Crippen LogP contribution in [-0.2, 0) is 4.74 Å². The summed E-state index contributed by atoms with van der Waals surface area (Å²) in [6.45, 7) is 7.16. The van der Waals surface area contributed by atoms with E-state index in [2.05, 4.69) is 30.9 Å². The molecule has 1 spiro atoms. The zero-order chi connectivity index (χ0) is 20.3. The Morgan fingerprint density at radius 2 is 2.04 bits per heavy atom. The van der Waals surface area contributed by atoms with Gasteiger partial charge in [-0.05, 0) is 61.1 Å². The van der Waals surface area contributed by atoms with Crippen LogP contribution in [0.5, 0.6) is 0 Å². The number of fused-ring (bicyclic) bond motifs is 1. The molecule has 7 nitrogen and oxygen atoms in total. The van der Waals surface area contributed by atoms with Crippen molar-refractivity contribution in [3.63, 3.8) is 0 Å². The molecule has 10 heteroatoms. The van der Waals surface area contributed by atoms with Gasteiger partial charge in [-0.15, -0.1) is 0 Å². The molecule has 2 aromatic rings. The molecule has 1 saturated carbocycles. The highest BCUT2D eigenvalue weighted by Gasteiger charge is 2.54. The Balaban J connectivity index is 1.65. The molecule has 0 unspecified atom stereocenters. The molecule has 0 radical (unpaired) electrons. The van der Waals surface area contributed by atoms with Crippen LogP contribution < -0.4 is 4.90 Å². The van der Waals surface area contributed by atoms with E-state index in [9.17, 15) is 9.18 Å². The molecule has 1 aliphatic carbocycles. The minimum Gasteiger partial charge on any atom is -0.444 e. The second-order valence-corrected chi connectivity index (χ2v) is 9.31. The number of anilines is 1.